The number of hydrogen-bond acceptors (Lipinski definition) is 15. The van der Waals surface area contributed by atoms with E-state index < -0.39 is 0 Å². The van der Waals surface area contributed by atoms with E-state index in [1.54, 1.807) is 35.5 Å². The van der Waals surface area contributed by atoms with Crippen molar-refractivity contribution in [1.29, 1.82) is 0 Å². The summed E-state index contributed by atoms with van der Waals surface area (Å²) in [7, 11) is 10.7. The molecule has 3 heterocycles. The molecular formula is C32H98N10O15Sb5. The van der Waals surface area contributed by atoms with Gasteiger partial charge in [-0.2, -0.15) is 0 Å². The van der Waals surface area contributed by atoms with Crippen LogP contribution in [0.5, 0.6) is 0 Å². The zero-order valence-corrected chi connectivity index (χ0v) is 51.8. The summed E-state index contributed by atoms with van der Waals surface area (Å²) in [4.78, 5) is 0. The molecule has 0 bridgehead atoms. The molecule has 0 aromatic rings. The molecule has 0 aromatic heterocycles. The first kappa shape index (κ1) is 94.9. The van der Waals surface area contributed by atoms with Gasteiger partial charge in [-0.05, 0) is 0 Å². The Kier molecular flexibility index (Phi) is 129. The average Bonchev–Trinajstić information content (AvgIpc) is 3.68. The molecule has 391 valence electrons. The summed E-state index contributed by atoms with van der Waals surface area (Å²) in [5, 5.41) is 0. The Labute approximate surface area is 431 Å². The number of nitrogens with zero attached hydrogens (tertiary/aromatic N) is 4. The molecule has 0 saturated carbocycles. The number of ether oxygens (including phenoxy) is 5. The molecule has 0 amide bonds. The first-order chi connectivity index (χ1) is 25.6. The number of nitrogens with one attached hydrogen (secondary N) is 6. The normalized spacial score (nSPS) is 13.5. The van der Waals surface area contributed by atoms with Crippen LogP contribution in [0.3, 0.4) is 0 Å². The van der Waals surface area contributed by atoms with E-state index in [1.165, 1.54) is 90.9 Å². The third kappa shape index (κ3) is 74.6. The van der Waals surface area contributed by atoms with Crippen LogP contribution in [0.25, 0.3) is 0 Å². The van der Waals surface area contributed by atoms with Crippen LogP contribution in [0.4, 0.5) is 0 Å². The van der Waals surface area contributed by atoms with Gasteiger partial charge in [0, 0.05) is 0 Å². The third-order valence-electron chi connectivity index (χ3n) is 7.11. The van der Waals surface area contributed by atoms with Gasteiger partial charge >= 0.3 is 381 Å². The van der Waals surface area contributed by atoms with Gasteiger partial charge in [0.25, 0.3) is 0 Å². The average molecular weight is 1470 g/mol. The minimum absolute atomic E-state index is 0. The number of methoxy groups -OCH3 is 5. The van der Waals surface area contributed by atoms with E-state index in [2.05, 4.69) is 46.9 Å². The number of hydrogen-bond donors (Lipinski definition) is 6. The van der Waals surface area contributed by atoms with Crippen LogP contribution in [0.2, 0.25) is 0 Å². The molecule has 3 aliphatic heterocycles. The van der Waals surface area contributed by atoms with Gasteiger partial charge in [-0.3, -0.25) is 0 Å². The van der Waals surface area contributed by atoms with Crippen LogP contribution >= 0.6 is 0 Å². The summed E-state index contributed by atoms with van der Waals surface area (Å²) in [5.41, 5.74) is 0. The van der Waals surface area contributed by atoms with E-state index in [9.17, 15) is 0 Å². The second kappa shape index (κ2) is 84.1. The Hall–Kier alpha value is 3.09. The Morgan fingerprint density at radius 1 is 0.403 bits per heavy atom. The fourth-order valence-corrected chi connectivity index (χ4v) is 14.5. The van der Waals surface area contributed by atoms with Crippen molar-refractivity contribution >= 4 is 111 Å². The predicted octanol–water partition coefficient (Wildman–Crippen LogP) is -9.62. The summed E-state index contributed by atoms with van der Waals surface area (Å²) >= 11 is -1.20. The Morgan fingerprint density at radius 3 is 0.935 bits per heavy atom. The second-order valence-corrected chi connectivity index (χ2v) is 26.5. The summed E-state index contributed by atoms with van der Waals surface area (Å²) in [6.07, 6.45) is 8.46. The maximum absolute atomic E-state index is 4.97. The summed E-state index contributed by atoms with van der Waals surface area (Å²) in [6, 6.07) is 0. The van der Waals surface area contributed by atoms with Crippen LogP contribution in [-0.4, -0.2) is 339 Å². The summed E-state index contributed by atoms with van der Waals surface area (Å²) in [5.74, 6) is 0. The fourth-order valence-electron chi connectivity index (χ4n) is 4.02. The maximum atomic E-state index is 4.97. The molecule has 0 atom stereocenters. The van der Waals surface area contributed by atoms with E-state index in [4.69, 9.17) is 23.7 Å². The van der Waals surface area contributed by atoms with Crippen molar-refractivity contribution in [2.75, 3.05) is 161 Å². The summed E-state index contributed by atoms with van der Waals surface area (Å²) < 4.78 is 55.0. The zero-order valence-electron chi connectivity index (χ0n) is 39.0. The zero-order chi connectivity index (χ0) is 38.6. The van der Waals surface area contributed by atoms with Gasteiger partial charge in [-0.25, -0.2) is 0 Å². The first-order valence-corrected chi connectivity index (χ1v) is 31.1. The molecular weight excluding hydrogens is 1370 g/mol. The molecule has 3 aliphatic rings. The van der Waals surface area contributed by atoms with Gasteiger partial charge in [0.2, 0.25) is 0 Å². The molecule has 0 spiro atoms. The van der Waals surface area contributed by atoms with Gasteiger partial charge in [-0.15, -0.1) is 0 Å². The smallest absolute Gasteiger partial charge is 0.412 e. The molecule has 0 unspecified atom stereocenters. The Morgan fingerprint density at radius 2 is 0.677 bits per heavy atom. The van der Waals surface area contributed by atoms with Crippen molar-refractivity contribution in [3.05, 3.63) is 0 Å². The monoisotopic (exact) mass is 1470 g/mol. The first-order valence-electron chi connectivity index (χ1n) is 18.8. The topological polar surface area (TPSA) is 446 Å². The molecule has 3 saturated heterocycles. The molecule has 0 aliphatic carbocycles. The van der Waals surface area contributed by atoms with Gasteiger partial charge in [0.15, 0.2) is 0 Å². The molecule has 3 rings (SSSR count). The second-order valence-electron chi connectivity index (χ2n) is 11.4. The predicted molar refractivity (Wildman–Crippen MR) is 259 cm³/mol. The molecule has 5 radical (unpaired) electrons. The summed E-state index contributed by atoms with van der Waals surface area (Å²) in [6.45, 7) is 24.0. The van der Waals surface area contributed by atoms with Gasteiger partial charge in [0.05, 0.1) is 0 Å². The molecule has 62 heavy (non-hydrogen) atoms. The van der Waals surface area contributed by atoms with E-state index in [-0.39, 0.29) is 166 Å². The van der Waals surface area contributed by atoms with Crippen molar-refractivity contribution in [3.63, 3.8) is 0 Å². The van der Waals surface area contributed by atoms with E-state index in [0.717, 1.165) is 65.8 Å². The SMILES string of the molecule is CC[N](CC)[Sb][NH]CCOC.COCC[NH][Sb][N]1CCC1.COCC[NH][Sb][N]1CCCC1.COCC[NH][Sb][N]1CCCCC1.C[NH][Sb][NH]CCOC.O.O.O.O.O.O.O.O.O.O. The fraction of sp³-hybridized carbons (Fsp3) is 1.00. The van der Waals surface area contributed by atoms with Crippen molar-refractivity contribution in [2.45, 2.75) is 52.4 Å². The van der Waals surface area contributed by atoms with Crippen LogP contribution in [-0.2, 0) is 23.7 Å². The van der Waals surface area contributed by atoms with E-state index in [1.807, 2.05) is 7.05 Å². The largest absolute Gasteiger partial charge is 0.412 e. The quantitative estimate of drug-likeness (QED) is 0.0329. The molecule has 3 fully saturated rings. The van der Waals surface area contributed by atoms with Crippen molar-refractivity contribution < 1.29 is 78.4 Å². The molecule has 0 aromatic carbocycles. The maximum Gasteiger partial charge on any atom is -0.412 e. The minimum atomic E-state index is -0.285. The van der Waals surface area contributed by atoms with E-state index in [0.29, 0.717) is 0 Å². The van der Waals surface area contributed by atoms with E-state index >= 15 is 0 Å². The Bertz CT molecular complexity index is 663. The molecule has 26 N–H and O–H groups in total. The minimum Gasteiger partial charge on any atom is -0.412 e. The van der Waals surface area contributed by atoms with Crippen LogP contribution in [0, 0.1) is 0 Å². The van der Waals surface area contributed by atoms with Gasteiger partial charge in [-0.1, -0.05) is 0 Å². The van der Waals surface area contributed by atoms with Crippen LogP contribution in [0.1, 0.15) is 52.4 Å². The van der Waals surface area contributed by atoms with Crippen molar-refractivity contribution in [2.24, 2.45) is 0 Å². The van der Waals surface area contributed by atoms with Gasteiger partial charge in [0.1, 0.15) is 0 Å². The molecule has 30 heteroatoms. The Balaban J connectivity index is -0.0000000487. The standard InChI is InChI=1S/C5H10N.C4H8N.C4H10N.5C3H8NO.C3H6N.CH4N.10H2O.5Sb/c1-2-4-6-5-3-1;1-2-4-5-3-1;1-3-5-4-2;5*1-5-3-2-4;1-2-4-3-1;1-2;;;;;;;;;;;;;;;/h1-5H2;1-4H2;3-4H2,1-2H3;5*4H,2-3H2,1H3;1-3H2;2H,1H3;10*1H2;;;;;/q10*-1;;;;;;;;;;;5*+2. The van der Waals surface area contributed by atoms with Gasteiger partial charge < -0.3 is 54.8 Å². The number of piperidine rings is 1. The number of rotatable bonds is 27. The van der Waals surface area contributed by atoms with Crippen LogP contribution < -0.4 is 20.9 Å². The van der Waals surface area contributed by atoms with Crippen molar-refractivity contribution in [1.82, 2.24) is 33.1 Å². The third-order valence-corrected chi connectivity index (χ3v) is 21.3. The van der Waals surface area contributed by atoms with Crippen LogP contribution in [0.15, 0.2) is 0 Å². The van der Waals surface area contributed by atoms with Crippen molar-refractivity contribution in [3.8, 4) is 0 Å². The molecule has 25 nitrogen and oxygen atoms in total.